The molecule has 1 aromatic carbocycles. The van der Waals surface area contributed by atoms with Crippen LogP contribution in [0.5, 0.6) is 5.75 Å². The van der Waals surface area contributed by atoms with Crippen LogP contribution in [0.4, 0.5) is 0 Å². The van der Waals surface area contributed by atoms with Crippen LogP contribution >= 0.6 is 11.6 Å². The van der Waals surface area contributed by atoms with Gasteiger partial charge in [0.05, 0.1) is 37.7 Å². The van der Waals surface area contributed by atoms with Crippen LogP contribution in [-0.2, 0) is 9.53 Å². The van der Waals surface area contributed by atoms with Gasteiger partial charge in [0.1, 0.15) is 5.75 Å². The van der Waals surface area contributed by atoms with Crippen molar-refractivity contribution in [3.8, 4) is 22.9 Å². The van der Waals surface area contributed by atoms with Crippen LogP contribution in [0.25, 0.3) is 11.1 Å². The van der Waals surface area contributed by atoms with Gasteiger partial charge in [-0.1, -0.05) is 11.6 Å². The number of pyridine rings is 1. The molecule has 8 nitrogen and oxygen atoms in total. The third-order valence-corrected chi connectivity index (χ3v) is 5.22. The SMILES string of the molecule is COc1cn(C(C(=O)O)C(O)C2CCOC2)c(=O)cc1-c1cc(Cl)ccc1C#N. The molecule has 2 heterocycles. The number of rotatable bonds is 6. The fraction of sp³-hybridized carbons (Fsp3) is 0.350. The predicted molar refractivity (Wildman–Crippen MR) is 104 cm³/mol. The molecule has 2 N–H and O–H groups in total. The Bertz CT molecular complexity index is 1020. The lowest BCUT2D eigenvalue weighted by Gasteiger charge is -2.26. The highest BCUT2D eigenvalue weighted by molar-refractivity contribution is 6.31. The van der Waals surface area contributed by atoms with Gasteiger partial charge in [-0.25, -0.2) is 4.79 Å². The van der Waals surface area contributed by atoms with Crippen molar-refractivity contribution in [1.29, 1.82) is 5.26 Å². The van der Waals surface area contributed by atoms with Gasteiger partial charge in [0.2, 0.25) is 0 Å². The smallest absolute Gasteiger partial charge is 0.329 e. The minimum Gasteiger partial charge on any atom is -0.495 e. The molecule has 3 rings (SSSR count). The summed E-state index contributed by atoms with van der Waals surface area (Å²) in [7, 11) is 1.36. The second kappa shape index (κ2) is 8.66. The Kier molecular flexibility index (Phi) is 6.23. The van der Waals surface area contributed by atoms with Crippen LogP contribution in [0.2, 0.25) is 5.02 Å². The van der Waals surface area contributed by atoms with E-state index in [1.54, 1.807) is 6.07 Å². The Hall–Kier alpha value is -2.86. The van der Waals surface area contributed by atoms with Crippen molar-refractivity contribution in [3.63, 3.8) is 0 Å². The molecule has 1 aromatic heterocycles. The number of aliphatic hydroxyl groups excluding tert-OH is 1. The summed E-state index contributed by atoms with van der Waals surface area (Å²) < 4.78 is 11.5. The average Bonchev–Trinajstić information content (AvgIpc) is 3.23. The van der Waals surface area contributed by atoms with Crippen LogP contribution in [0.1, 0.15) is 18.0 Å². The third-order valence-electron chi connectivity index (χ3n) is 4.98. The molecular weight excluding hydrogens is 400 g/mol. The second-order valence-corrected chi connectivity index (χ2v) is 7.14. The lowest BCUT2D eigenvalue weighted by molar-refractivity contribution is -0.146. The minimum absolute atomic E-state index is 0.171. The van der Waals surface area contributed by atoms with Crippen LogP contribution in [0.15, 0.2) is 35.3 Å². The summed E-state index contributed by atoms with van der Waals surface area (Å²) in [6.45, 7) is 0.653. The lowest BCUT2D eigenvalue weighted by Crippen LogP contribution is -2.41. The number of carboxylic acids is 1. The largest absolute Gasteiger partial charge is 0.495 e. The molecule has 1 aliphatic rings. The van der Waals surface area contributed by atoms with E-state index in [2.05, 4.69) is 0 Å². The number of benzene rings is 1. The Morgan fingerprint density at radius 1 is 1.41 bits per heavy atom. The summed E-state index contributed by atoms with van der Waals surface area (Å²) in [6, 6.07) is 6.31. The molecule has 3 unspecified atom stereocenters. The van der Waals surface area contributed by atoms with E-state index >= 15 is 0 Å². The molecule has 3 atom stereocenters. The molecule has 1 saturated heterocycles. The van der Waals surface area contributed by atoms with E-state index in [1.165, 1.54) is 31.5 Å². The van der Waals surface area contributed by atoms with Crippen LogP contribution in [-0.4, -0.2) is 47.2 Å². The monoisotopic (exact) mass is 418 g/mol. The number of halogens is 1. The topological polar surface area (TPSA) is 122 Å². The molecule has 2 aromatic rings. The van der Waals surface area contributed by atoms with Crippen molar-refractivity contribution in [3.05, 3.63) is 51.4 Å². The predicted octanol–water partition coefficient (Wildman–Crippen LogP) is 2.07. The van der Waals surface area contributed by atoms with Gasteiger partial charge in [0.25, 0.3) is 5.56 Å². The zero-order valence-corrected chi connectivity index (χ0v) is 16.3. The summed E-state index contributed by atoms with van der Waals surface area (Å²) in [5, 5.41) is 30.0. The first-order valence-corrected chi connectivity index (χ1v) is 9.24. The fourth-order valence-electron chi connectivity index (χ4n) is 3.47. The molecule has 152 valence electrons. The van der Waals surface area contributed by atoms with E-state index in [0.717, 1.165) is 4.57 Å². The first-order valence-electron chi connectivity index (χ1n) is 8.86. The number of carbonyl (C=O) groups is 1. The van der Waals surface area contributed by atoms with Gasteiger partial charge in [-0.3, -0.25) is 9.36 Å². The molecular formula is C20H19ClN2O6. The van der Waals surface area contributed by atoms with Crippen LogP contribution in [0, 0.1) is 17.2 Å². The maximum Gasteiger partial charge on any atom is 0.329 e. The number of methoxy groups -OCH3 is 1. The zero-order valence-electron chi connectivity index (χ0n) is 15.5. The molecule has 0 spiro atoms. The van der Waals surface area contributed by atoms with Crippen molar-refractivity contribution in [2.75, 3.05) is 20.3 Å². The molecule has 0 saturated carbocycles. The fourth-order valence-corrected chi connectivity index (χ4v) is 3.64. The van der Waals surface area contributed by atoms with Gasteiger partial charge in [0, 0.05) is 34.7 Å². The third kappa shape index (κ3) is 4.12. The van der Waals surface area contributed by atoms with Gasteiger partial charge in [-0.2, -0.15) is 5.26 Å². The Morgan fingerprint density at radius 2 is 2.17 bits per heavy atom. The van der Waals surface area contributed by atoms with Crippen LogP contribution < -0.4 is 10.3 Å². The highest BCUT2D eigenvalue weighted by atomic mass is 35.5. The number of ether oxygens (including phenoxy) is 2. The van der Waals surface area contributed by atoms with E-state index in [1.807, 2.05) is 6.07 Å². The van der Waals surface area contributed by atoms with E-state index < -0.39 is 29.6 Å². The molecule has 9 heteroatoms. The quantitative estimate of drug-likeness (QED) is 0.736. The van der Waals surface area contributed by atoms with Gasteiger partial charge in [0.15, 0.2) is 6.04 Å². The molecule has 0 amide bonds. The first kappa shape index (κ1) is 20.9. The van der Waals surface area contributed by atoms with E-state index in [4.69, 9.17) is 21.1 Å². The maximum atomic E-state index is 12.8. The molecule has 1 fully saturated rings. The highest BCUT2D eigenvalue weighted by Crippen LogP contribution is 2.34. The number of nitrogens with zero attached hydrogens (tertiary/aromatic N) is 2. The van der Waals surface area contributed by atoms with Gasteiger partial charge < -0.3 is 19.7 Å². The van der Waals surface area contributed by atoms with E-state index in [9.17, 15) is 25.1 Å². The van der Waals surface area contributed by atoms with Gasteiger partial charge >= 0.3 is 5.97 Å². The number of aliphatic carboxylic acids is 1. The standard InChI is InChI=1S/C20H19ClN2O6/c1-28-16-9-23(18(20(26)27)19(25)12-4-5-29-10-12)17(24)7-15(16)14-6-13(21)3-2-11(14)8-22/h2-3,6-7,9,12,18-19,25H,4-5,10H2,1H3,(H,26,27). The summed E-state index contributed by atoms with van der Waals surface area (Å²) in [6.07, 6.45) is 0.421. The number of nitriles is 1. The van der Waals surface area contributed by atoms with Gasteiger partial charge in [-0.05, 0) is 24.6 Å². The number of carboxylic acid groups (broad SMARTS) is 1. The average molecular weight is 419 g/mol. The van der Waals surface area contributed by atoms with Crippen molar-refractivity contribution in [1.82, 2.24) is 4.57 Å². The van der Waals surface area contributed by atoms with Crippen molar-refractivity contribution < 1.29 is 24.5 Å². The molecule has 29 heavy (non-hydrogen) atoms. The summed E-state index contributed by atoms with van der Waals surface area (Å²) in [5.41, 5.74) is 0.311. The normalized spacial score (nSPS) is 18.1. The molecule has 1 aliphatic heterocycles. The van der Waals surface area contributed by atoms with Crippen LogP contribution in [0.3, 0.4) is 0 Å². The van der Waals surface area contributed by atoms with Gasteiger partial charge in [-0.15, -0.1) is 0 Å². The summed E-state index contributed by atoms with van der Waals surface area (Å²) in [4.78, 5) is 24.7. The Morgan fingerprint density at radius 3 is 2.76 bits per heavy atom. The number of aromatic nitrogens is 1. The van der Waals surface area contributed by atoms with E-state index in [0.29, 0.717) is 29.2 Å². The lowest BCUT2D eigenvalue weighted by atomic mass is 9.94. The summed E-state index contributed by atoms with van der Waals surface area (Å²) >= 11 is 6.04. The van der Waals surface area contributed by atoms with Crippen molar-refractivity contribution in [2.24, 2.45) is 5.92 Å². The number of aliphatic hydroxyl groups is 1. The Labute approximate surface area is 171 Å². The minimum atomic E-state index is -1.51. The Balaban J connectivity index is 2.13. The summed E-state index contributed by atoms with van der Waals surface area (Å²) in [5.74, 6) is -1.57. The van der Waals surface area contributed by atoms with Crippen molar-refractivity contribution in [2.45, 2.75) is 18.6 Å². The maximum absolute atomic E-state index is 12.8. The molecule has 0 aliphatic carbocycles. The highest BCUT2D eigenvalue weighted by Gasteiger charge is 2.37. The second-order valence-electron chi connectivity index (χ2n) is 6.70. The molecule has 0 bridgehead atoms. The number of hydrogen-bond donors (Lipinski definition) is 2. The molecule has 0 radical (unpaired) electrons. The van der Waals surface area contributed by atoms with Crippen molar-refractivity contribution >= 4 is 17.6 Å². The number of hydrogen-bond acceptors (Lipinski definition) is 6. The zero-order chi connectivity index (χ0) is 21.1. The van der Waals surface area contributed by atoms with E-state index in [-0.39, 0.29) is 17.9 Å². The first-order chi connectivity index (χ1) is 13.9.